The van der Waals surface area contributed by atoms with Gasteiger partial charge in [-0.15, -0.1) is 0 Å². The monoisotopic (exact) mass is 404 g/mol. The molecule has 0 atom stereocenters. The summed E-state index contributed by atoms with van der Waals surface area (Å²) in [5, 5.41) is 3.39. The zero-order valence-electron chi connectivity index (χ0n) is 16.0. The first-order chi connectivity index (χ1) is 13.7. The fraction of sp³-hybridized carbons (Fsp3) is 0.238. The highest BCUT2D eigenvalue weighted by Gasteiger charge is 2.30. The molecule has 1 amide bonds. The molecule has 0 saturated heterocycles. The average molecular weight is 404 g/mol. The first-order valence-electron chi connectivity index (χ1n) is 8.81. The summed E-state index contributed by atoms with van der Waals surface area (Å²) in [7, 11) is 1.48. The van der Waals surface area contributed by atoms with E-state index in [2.05, 4.69) is 10.3 Å². The molecule has 1 aromatic heterocycles. The van der Waals surface area contributed by atoms with E-state index in [-0.39, 0.29) is 17.7 Å². The van der Waals surface area contributed by atoms with Gasteiger partial charge in [0.25, 0.3) is 5.91 Å². The molecule has 29 heavy (non-hydrogen) atoms. The molecule has 0 aliphatic carbocycles. The maximum Gasteiger partial charge on any atom is 0.416 e. The van der Waals surface area contributed by atoms with Gasteiger partial charge in [0, 0.05) is 23.7 Å². The summed E-state index contributed by atoms with van der Waals surface area (Å²) < 4.78 is 49.2. The highest BCUT2D eigenvalue weighted by Crippen LogP contribution is 2.35. The van der Waals surface area contributed by atoms with Gasteiger partial charge in [-0.25, -0.2) is 0 Å². The fourth-order valence-corrected chi connectivity index (χ4v) is 2.69. The second kappa shape index (κ2) is 7.98. The molecule has 0 fully saturated rings. The molecule has 3 aromatic rings. The number of ether oxygens (including phenoxy) is 2. The summed E-state index contributed by atoms with van der Waals surface area (Å²) in [6.45, 7) is 3.71. The molecular formula is C21H19F3N2O3. The van der Waals surface area contributed by atoms with Gasteiger partial charge in [0.05, 0.1) is 18.2 Å². The van der Waals surface area contributed by atoms with E-state index >= 15 is 0 Å². The molecular weight excluding hydrogens is 385 g/mol. The molecule has 0 unspecified atom stereocenters. The van der Waals surface area contributed by atoms with Gasteiger partial charge < -0.3 is 14.8 Å². The van der Waals surface area contributed by atoms with Crippen molar-refractivity contribution < 1.29 is 27.4 Å². The quantitative estimate of drug-likeness (QED) is 0.636. The van der Waals surface area contributed by atoms with Crippen LogP contribution in [0.5, 0.6) is 17.2 Å². The normalized spacial score (nSPS) is 11.6. The average Bonchev–Trinajstić information content (AvgIpc) is 2.66. The van der Waals surface area contributed by atoms with Crippen LogP contribution in [-0.4, -0.2) is 24.0 Å². The third kappa shape index (κ3) is 4.77. The van der Waals surface area contributed by atoms with Gasteiger partial charge in [-0.3, -0.25) is 9.78 Å². The van der Waals surface area contributed by atoms with Crippen LogP contribution in [0.1, 0.15) is 29.8 Å². The van der Waals surface area contributed by atoms with Crippen molar-refractivity contribution in [2.45, 2.75) is 26.1 Å². The van der Waals surface area contributed by atoms with E-state index < -0.39 is 11.7 Å². The smallest absolute Gasteiger partial charge is 0.416 e. The van der Waals surface area contributed by atoms with Gasteiger partial charge in [-0.1, -0.05) is 0 Å². The second-order valence-corrected chi connectivity index (χ2v) is 6.67. The topological polar surface area (TPSA) is 60.5 Å². The molecule has 0 bridgehead atoms. The van der Waals surface area contributed by atoms with Gasteiger partial charge in [0.15, 0.2) is 5.75 Å². The Bertz CT molecular complexity index is 1030. The molecule has 5 nitrogen and oxygen atoms in total. The molecule has 0 saturated carbocycles. The van der Waals surface area contributed by atoms with Crippen molar-refractivity contribution in [3.63, 3.8) is 0 Å². The summed E-state index contributed by atoms with van der Waals surface area (Å²) in [5.74, 6) is 0.718. The van der Waals surface area contributed by atoms with Crippen molar-refractivity contribution in [1.29, 1.82) is 0 Å². The number of carbonyl (C=O) groups excluding carboxylic acids is 1. The zero-order valence-corrected chi connectivity index (χ0v) is 16.0. The number of nitrogens with one attached hydrogen (secondary N) is 1. The Morgan fingerprint density at radius 2 is 1.76 bits per heavy atom. The highest BCUT2D eigenvalue weighted by atomic mass is 19.4. The van der Waals surface area contributed by atoms with Crippen LogP contribution in [0.4, 0.5) is 13.2 Å². The largest absolute Gasteiger partial charge is 0.497 e. The van der Waals surface area contributed by atoms with E-state index in [1.165, 1.54) is 25.4 Å². The van der Waals surface area contributed by atoms with Crippen molar-refractivity contribution in [3.05, 3.63) is 59.8 Å². The number of nitrogens with zero attached hydrogens (tertiary/aromatic N) is 1. The predicted molar refractivity (Wildman–Crippen MR) is 102 cm³/mol. The number of rotatable bonds is 5. The van der Waals surface area contributed by atoms with E-state index in [0.717, 1.165) is 12.1 Å². The molecule has 0 spiro atoms. The number of alkyl halides is 3. The number of hydrogen-bond donors (Lipinski definition) is 1. The standard InChI is InChI=1S/C21H19F3N2O3/c1-12(2)26-20(27)14-8-13-9-17(28-3)10-18(19(13)25-11-14)29-16-6-4-15(5-7-16)21(22,23)24/h4-12H,1-3H3,(H,26,27). The number of methoxy groups -OCH3 is 1. The van der Waals surface area contributed by atoms with Crippen LogP contribution < -0.4 is 14.8 Å². The molecule has 3 rings (SSSR count). The van der Waals surface area contributed by atoms with Gasteiger partial charge >= 0.3 is 6.18 Å². The number of pyridine rings is 1. The minimum absolute atomic E-state index is 0.0259. The van der Waals surface area contributed by atoms with E-state index in [0.29, 0.717) is 28.0 Å². The second-order valence-electron chi connectivity index (χ2n) is 6.67. The summed E-state index contributed by atoms with van der Waals surface area (Å²) in [5.41, 5.74) is 0.0611. The van der Waals surface area contributed by atoms with Crippen LogP contribution in [0.2, 0.25) is 0 Å². The number of amides is 1. The Balaban J connectivity index is 1.97. The lowest BCUT2D eigenvalue weighted by atomic mass is 10.1. The van der Waals surface area contributed by atoms with Crippen LogP contribution >= 0.6 is 0 Å². The van der Waals surface area contributed by atoms with Gasteiger partial charge in [0.2, 0.25) is 0 Å². The number of carbonyl (C=O) groups is 1. The minimum Gasteiger partial charge on any atom is -0.497 e. The van der Waals surface area contributed by atoms with Gasteiger partial charge in [-0.2, -0.15) is 13.2 Å². The number of benzene rings is 2. The molecule has 8 heteroatoms. The highest BCUT2D eigenvalue weighted by molar-refractivity contribution is 5.98. The first kappa shape index (κ1) is 20.4. The summed E-state index contributed by atoms with van der Waals surface area (Å²) in [4.78, 5) is 16.6. The van der Waals surface area contributed by atoms with Crippen LogP contribution in [0.25, 0.3) is 10.9 Å². The number of aromatic nitrogens is 1. The Kier molecular flexibility index (Phi) is 5.63. The van der Waals surface area contributed by atoms with Crippen LogP contribution in [0.15, 0.2) is 48.7 Å². The van der Waals surface area contributed by atoms with Crippen LogP contribution in [-0.2, 0) is 6.18 Å². The first-order valence-corrected chi connectivity index (χ1v) is 8.81. The molecule has 1 N–H and O–H groups in total. The van der Waals surface area contributed by atoms with Crippen molar-refractivity contribution in [1.82, 2.24) is 10.3 Å². The molecule has 1 heterocycles. The van der Waals surface area contributed by atoms with Crippen molar-refractivity contribution >= 4 is 16.8 Å². The third-order valence-electron chi connectivity index (χ3n) is 4.05. The molecule has 0 aliphatic heterocycles. The van der Waals surface area contributed by atoms with E-state index in [9.17, 15) is 18.0 Å². The molecule has 0 aliphatic rings. The van der Waals surface area contributed by atoms with Crippen molar-refractivity contribution in [2.75, 3.05) is 7.11 Å². The SMILES string of the molecule is COc1cc(Oc2ccc(C(F)(F)F)cc2)c2ncc(C(=O)NC(C)C)cc2c1. The predicted octanol–water partition coefficient (Wildman–Crippen LogP) is 5.19. The molecule has 2 aromatic carbocycles. The van der Waals surface area contributed by atoms with Gasteiger partial charge in [-0.05, 0) is 50.2 Å². The maximum absolute atomic E-state index is 12.7. The fourth-order valence-electron chi connectivity index (χ4n) is 2.69. The van der Waals surface area contributed by atoms with Gasteiger partial charge in [0.1, 0.15) is 17.0 Å². The lowest BCUT2D eigenvalue weighted by Crippen LogP contribution is -2.30. The van der Waals surface area contributed by atoms with E-state index in [1.54, 1.807) is 18.2 Å². The molecule has 0 radical (unpaired) electrons. The zero-order chi connectivity index (χ0) is 21.2. The molecule has 152 valence electrons. The number of halogens is 3. The lowest BCUT2D eigenvalue weighted by molar-refractivity contribution is -0.137. The minimum atomic E-state index is -4.42. The third-order valence-corrected chi connectivity index (χ3v) is 4.05. The Morgan fingerprint density at radius 3 is 2.34 bits per heavy atom. The van der Waals surface area contributed by atoms with Crippen LogP contribution in [0, 0.1) is 0 Å². The summed E-state index contributed by atoms with van der Waals surface area (Å²) in [6.07, 6.45) is -3.00. The maximum atomic E-state index is 12.7. The van der Waals surface area contributed by atoms with Crippen molar-refractivity contribution in [3.8, 4) is 17.2 Å². The summed E-state index contributed by atoms with van der Waals surface area (Å²) in [6, 6.07) is 9.27. The number of hydrogen-bond acceptors (Lipinski definition) is 4. The van der Waals surface area contributed by atoms with E-state index in [1.807, 2.05) is 13.8 Å². The Morgan fingerprint density at radius 1 is 1.07 bits per heavy atom. The Labute approximate surface area is 165 Å². The van der Waals surface area contributed by atoms with Crippen molar-refractivity contribution in [2.24, 2.45) is 0 Å². The van der Waals surface area contributed by atoms with E-state index in [4.69, 9.17) is 9.47 Å². The summed E-state index contributed by atoms with van der Waals surface area (Å²) >= 11 is 0. The Hall–Kier alpha value is -3.29. The van der Waals surface area contributed by atoms with Crippen LogP contribution in [0.3, 0.4) is 0 Å². The lowest BCUT2D eigenvalue weighted by Gasteiger charge is -2.13. The number of fused-ring (bicyclic) bond motifs is 1.